The highest BCUT2D eigenvalue weighted by Crippen LogP contribution is 2.39. The smallest absolute Gasteiger partial charge is 0.116 e. The van der Waals surface area contributed by atoms with Crippen LogP contribution < -0.4 is 0 Å². The van der Waals surface area contributed by atoms with Gasteiger partial charge in [-0.1, -0.05) is 23.7 Å². The van der Waals surface area contributed by atoms with Gasteiger partial charge in [0.2, 0.25) is 0 Å². The standard InChI is InChI=1S/C22H26ClN5O/c1-15(9-13-29)28-11-7-17(8-12-28)22-20(19-6-10-24-14-25-19)21(26-27-22)16-2-4-18(23)5-3-16/h2-6,10,14-15,17,29H,7-9,11-13H2,1H3,(H,26,27). The Kier molecular flexibility index (Phi) is 6.23. The van der Waals surface area contributed by atoms with Crippen molar-refractivity contribution in [2.24, 2.45) is 0 Å². The summed E-state index contributed by atoms with van der Waals surface area (Å²) in [7, 11) is 0. The summed E-state index contributed by atoms with van der Waals surface area (Å²) in [5.74, 6) is 0.395. The van der Waals surface area contributed by atoms with Crippen molar-refractivity contribution in [3.8, 4) is 22.5 Å². The average molecular weight is 412 g/mol. The molecule has 152 valence electrons. The van der Waals surface area contributed by atoms with Gasteiger partial charge in [-0.3, -0.25) is 5.10 Å². The molecule has 0 bridgehead atoms. The maximum absolute atomic E-state index is 9.23. The van der Waals surface area contributed by atoms with Gasteiger partial charge in [0.25, 0.3) is 0 Å². The summed E-state index contributed by atoms with van der Waals surface area (Å²) in [5, 5.41) is 17.9. The summed E-state index contributed by atoms with van der Waals surface area (Å²) in [6, 6.07) is 10.1. The van der Waals surface area contributed by atoms with Crippen LogP contribution in [0.15, 0.2) is 42.9 Å². The van der Waals surface area contributed by atoms with Crippen LogP contribution >= 0.6 is 11.6 Å². The number of aliphatic hydroxyl groups excluding tert-OH is 1. The molecular weight excluding hydrogens is 386 g/mol. The van der Waals surface area contributed by atoms with Gasteiger partial charge < -0.3 is 10.0 Å². The fraction of sp³-hybridized carbons (Fsp3) is 0.409. The Hall–Kier alpha value is -2.28. The van der Waals surface area contributed by atoms with Crippen LogP contribution in [0, 0.1) is 0 Å². The number of nitrogens with zero attached hydrogens (tertiary/aromatic N) is 4. The predicted octanol–water partition coefficient (Wildman–Crippen LogP) is 4.14. The lowest BCUT2D eigenvalue weighted by Crippen LogP contribution is -2.40. The van der Waals surface area contributed by atoms with E-state index in [0.717, 1.165) is 60.6 Å². The number of piperidine rings is 1. The number of nitrogens with one attached hydrogen (secondary N) is 1. The SMILES string of the molecule is CC(CCO)N1CCC(c2[nH]nc(-c3ccc(Cl)cc3)c2-c2ccncn2)CC1. The van der Waals surface area contributed by atoms with Gasteiger partial charge in [0.15, 0.2) is 0 Å². The van der Waals surface area contributed by atoms with Crippen LogP contribution in [-0.4, -0.2) is 55.9 Å². The van der Waals surface area contributed by atoms with Gasteiger partial charge in [-0.2, -0.15) is 5.10 Å². The molecule has 2 N–H and O–H groups in total. The summed E-state index contributed by atoms with van der Waals surface area (Å²) in [6.07, 6.45) is 6.27. The molecule has 6 nitrogen and oxygen atoms in total. The average Bonchev–Trinajstić information content (AvgIpc) is 3.20. The van der Waals surface area contributed by atoms with E-state index < -0.39 is 0 Å². The zero-order valence-electron chi connectivity index (χ0n) is 16.6. The minimum atomic E-state index is 0.240. The minimum Gasteiger partial charge on any atom is -0.396 e. The number of halogens is 1. The van der Waals surface area contributed by atoms with E-state index in [1.165, 1.54) is 0 Å². The van der Waals surface area contributed by atoms with E-state index in [-0.39, 0.29) is 6.61 Å². The first kappa shape index (κ1) is 20.0. The van der Waals surface area contributed by atoms with Gasteiger partial charge in [-0.25, -0.2) is 9.97 Å². The molecule has 3 aromatic rings. The summed E-state index contributed by atoms with van der Waals surface area (Å²) < 4.78 is 0. The fourth-order valence-corrected chi connectivity index (χ4v) is 4.29. The monoisotopic (exact) mass is 411 g/mol. The van der Waals surface area contributed by atoms with Crippen molar-refractivity contribution in [2.75, 3.05) is 19.7 Å². The summed E-state index contributed by atoms with van der Waals surface area (Å²) in [4.78, 5) is 11.1. The highest BCUT2D eigenvalue weighted by atomic mass is 35.5. The van der Waals surface area contributed by atoms with Crippen LogP contribution in [-0.2, 0) is 0 Å². The third-order valence-electron chi connectivity index (χ3n) is 5.86. The van der Waals surface area contributed by atoms with Crippen molar-refractivity contribution in [1.29, 1.82) is 0 Å². The van der Waals surface area contributed by atoms with E-state index >= 15 is 0 Å². The molecule has 1 unspecified atom stereocenters. The first-order valence-corrected chi connectivity index (χ1v) is 10.5. The number of aromatic nitrogens is 4. The molecule has 4 rings (SSSR count). The first-order valence-electron chi connectivity index (χ1n) is 10.1. The Morgan fingerprint density at radius 3 is 2.62 bits per heavy atom. The Morgan fingerprint density at radius 2 is 1.97 bits per heavy atom. The largest absolute Gasteiger partial charge is 0.396 e. The van der Waals surface area contributed by atoms with Crippen molar-refractivity contribution in [3.63, 3.8) is 0 Å². The van der Waals surface area contributed by atoms with Gasteiger partial charge in [0.1, 0.15) is 12.0 Å². The van der Waals surface area contributed by atoms with E-state index in [1.807, 2.05) is 30.3 Å². The van der Waals surface area contributed by atoms with Gasteiger partial charge >= 0.3 is 0 Å². The maximum atomic E-state index is 9.23. The lowest BCUT2D eigenvalue weighted by molar-refractivity contribution is 0.135. The Labute approximate surface area is 176 Å². The van der Waals surface area contributed by atoms with Crippen molar-refractivity contribution >= 4 is 11.6 Å². The molecule has 29 heavy (non-hydrogen) atoms. The van der Waals surface area contributed by atoms with Gasteiger partial charge in [0.05, 0.1) is 5.69 Å². The number of aliphatic hydroxyl groups is 1. The second-order valence-electron chi connectivity index (χ2n) is 7.63. The quantitative estimate of drug-likeness (QED) is 0.637. The number of rotatable bonds is 6. The van der Waals surface area contributed by atoms with Crippen LogP contribution in [0.4, 0.5) is 0 Å². The second-order valence-corrected chi connectivity index (χ2v) is 8.07. The summed E-state index contributed by atoms with van der Waals surface area (Å²) in [6.45, 7) is 4.47. The maximum Gasteiger partial charge on any atom is 0.116 e. The lowest BCUT2D eigenvalue weighted by Gasteiger charge is -2.35. The Balaban J connectivity index is 1.65. The first-order chi connectivity index (χ1) is 14.2. The number of benzene rings is 1. The summed E-state index contributed by atoms with van der Waals surface area (Å²) in [5.41, 5.74) is 4.98. The topological polar surface area (TPSA) is 77.9 Å². The van der Waals surface area contributed by atoms with Crippen LogP contribution in [0.25, 0.3) is 22.5 Å². The number of aromatic amines is 1. The van der Waals surface area contributed by atoms with E-state index in [0.29, 0.717) is 17.0 Å². The van der Waals surface area contributed by atoms with E-state index in [4.69, 9.17) is 11.6 Å². The third kappa shape index (κ3) is 4.34. The van der Waals surface area contributed by atoms with Crippen LogP contribution in [0.1, 0.15) is 37.8 Å². The second kappa shape index (κ2) is 9.03. The fourth-order valence-electron chi connectivity index (χ4n) is 4.16. The molecule has 1 aliphatic heterocycles. The molecule has 7 heteroatoms. The zero-order chi connectivity index (χ0) is 20.2. The Morgan fingerprint density at radius 1 is 1.21 bits per heavy atom. The molecule has 1 saturated heterocycles. The number of likely N-dealkylation sites (tertiary alicyclic amines) is 1. The van der Waals surface area contributed by atoms with Gasteiger partial charge in [-0.15, -0.1) is 0 Å². The van der Waals surface area contributed by atoms with E-state index in [1.54, 1.807) is 12.5 Å². The minimum absolute atomic E-state index is 0.240. The predicted molar refractivity (Wildman–Crippen MR) is 115 cm³/mol. The number of H-pyrrole nitrogens is 1. The number of hydrogen-bond donors (Lipinski definition) is 2. The van der Waals surface area contributed by atoms with Crippen molar-refractivity contribution in [1.82, 2.24) is 25.1 Å². The molecule has 1 atom stereocenters. The zero-order valence-corrected chi connectivity index (χ0v) is 17.3. The molecule has 0 amide bonds. The molecule has 0 spiro atoms. The molecule has 1 fully saturated rings. The third-order valence-corrected chi connectivity index (χ3v) is 6.11. The van der Waals surface area contributed by atoms with Gasteiger partial charge in [-0.05, 0) is 57.5 Å². The van der Waals surface area contributed by atoms with Crippen LogP contribution in [0.5, 0.6) is 0 Å². The summed E-state index contributed by atoms with van der Waals surface area (Å²) >= 11 is 6.08. The van der Waals surface area contributed by atoms with Gasteiger partial charge in [0, 0.05) is 46.6 Å². The Bertz CT molecular complexity index is 920. The lowest BCUT2D eigenvalue weighted by atomic mass is 9.88. The molecule has 0 saturated carbocycles. The van der Waals surface area contributed by atoms with Crippen LogP contribution in [0.2, 0.25) is 5.02 Å². The molecule has 0 radical (unpaired) electrons. The highest BCUT2D eigenvalue weighted by Gasteiger charge is 2.29. The molecule has 1 aliphatic rings. The van der Waals surface area contributed by atoms with E-state index in [2.05, 4.69) is 32.0 Å². The molecule has 3 heterocycles. The number of hydrogen-bond acceptors (Lipinski definition) is 5. The van der Waals surface area contributed by atoms with E-state index in [9.17, 15) is 5.11 Å². The van der Waals surface area contributed by atoms with Crippen molar-refractivity contribution < 1.29 is 5.11 Å². The van der Waals surface area contributed by atoms with Crippen molar-refractivity contribution in [2.45, 2.75) is 38.1 Å². The molecular formula is C22H26ClN5O. The van der Waals surface area contributed by atoms with Crippen molar-refractivity contribution in [3.05, 3.63) is 53.6 Å². The highest BCUT2D eigenvalue weighted by molar-refractivity contribution is 6.30. The molecule has 1 aromatic carbocycles. The normalized spacial score (nSPS) is 16.8. The molecule has 2 aromatic heterocycles. The van der Waals surface area contributed by atoms with Crippen LogP contribution in [0.3, 0.4) is 0 Å². The molecule has 0 aliphatic carbocycles.